The lowest BCUT2D eigenvalue weighted by Crippen LogP contribution is -2.30. The Labute approximate surface area is 155 Å². The standard InChI is InChI=1S/C19H18F2N4O2/c1-13(14-7-9-15(10-8-14)25-12-22-11-23-25)24(2)18(26)16-5-3-4-6-17(16)27-19(20)21/h3-13,19H,1-2H3/t13-/m1/s1. The first-order valence-electron chi connectivity index (χ1n) is 8.23. The minimum Gasteiger partial charge on any atom is -0.434 e. The summed E-state index contributed by atoms with van der Waals surface area (Å²) in [4.78, 5) is 18.2. The second kappa shape index (κ2) is 7.94. The van der Waals surface area contributed by atoms with Gasteiger partial charge in [0.05, 0.1) is 17.3 Å². The molecular formula is C19H18F2N4O2. The van der Waals surface area contributed by atoms with Gasteiger partial charge in [0.2, 0.25) is 0 Å². The Hall–Kier alpha value is -3.29. The molecule has 1 amide bonds. The maximum Gasteiger partial charge on any atom is 0.387 e. The summed E-state index contributed by atoms with van der Waals surface area (Å²) >= 11 is 0. The monoisotopic (exact) mass is 372 g/mol. The Morgan fingerprint density at radius 2 is 1.85 bits per heavy atom. The number of ether oxygens (including phenoxy) is 1. The van der Waals surface area contributed by atoms with E-state index >= 15 is 0 Å². The zero-order chi connectivity index (χ0) is 19.4. The molecule has 0 N–H and O–H groups in total. The van der Waals surface area contributed by atoms with Crippen LogP contribution in [0.15, 0.2) is 61.2 Å². The van der Waals surface area contributed by atoms with E-state index in [2.05, 4.69) is 14.8 Å². The van der Waals surface area contributed by atoms with Crippen molar-refractivity contribution in [3.05, 3.63) is 72.3 Å². The molecule has 0 radical (unpaired) electrons. The van der Waals surface area contributed by atoms with Gasteiger partial charge in [0.15, 0.2) is 0 Å². The SMILES string of the molecule is C[C@H](c1ccc(-n2cncn2)cc1)N(C)C(=O)c1ccccc1OC(F)F. The molecule has 3 aromatic rings. The number of carbonyl (C=O) groups excluding carboxylic acids is 1. The number of aromatic nitrogens is 3. The maximum atomic E-state index is 12.8. The number of hydrogen-bond donors (Lipinski definition) is 0. The number of para-hydroxylation sites is 1. The Balaban J connectivity index is 1.79. The van der Waals surface area contributed by atoms with Gasteiger partial charge in [0, 0.05) is 7.05 Å². The molecule has 6 nitrogen and oxygen atoms in total. The molecule has 1 atom stereocenters. The normalized spacial score (nSPS) is 12.0. The summed E-state index contributed by atoms with van der Waals surface area (Å²) < 4.78 is 31.3. The average Bonchev–Trinajstić information content (AvgIpc) is 3.21. The fourth-order valence-electron chi connectivity index (χ4n) is 2.68. The van der Waals surface area contributed by atoms with E-state index in [1.807, 2.05) is 31.2 Å². The summed E-state index contributed by atoms with van der Waals surface area (Å²) in [7, 11) is 1.62. The Morgan fingerprint density at radius 3 is 2.48 bits per heavy atom. The van der Waals surface area contributed by atoms with Gasteiger partial charge in [-0.15, -0.1) is 0 Å². The first-order valence-corrected chi connectivity index (χ1v) is 8.23. The van der Waals surface area contributed by atoms with Gasteiger partial charge >= 0.3 is 6.61 Å². The molecule has 0 aliphatic rings. The van der Waals surface area contributed by atoms with Crippen LogP contribution in [-0.2, 0) is 0 Å². The predicted molar refractivity (Wildman–Crippen MR) is 94.9 cm³/mol. The minimum atomic E-state index is -2.99. The minimum absolute atomic E-state index is 0.0892. The lowest BCUT2D eigenvalue weighted by atomic mass is 10.1. The number of benzene rings is 2. The second-order valence-corrected chi connectivity index (χ2v) is 5.90. The van der Waals surface area contributed by atoms with Crippen molar-refractivity contribution < 1.29 is 18.3 Å². The van der Waals surface area contributed by atoms with Crippen LogP contribution in [0.2, 0.25) is 0 Å². The van der Waals surface area contributed by atoms with E-state index in [0.717, 1.165) is 11.3 Å². The first kappa shape index (κ1) is 18.5. The molecular weight excluding hydrogens is 354 g/mol. The van der Waals surface area contributed by atoms with Crippen molar-refractivity contribution >= 4 is 5.91 Å². The van der Waals surface area contributed by atoms with E-state index in [4.69, 9.17) is 0 Å². The molecule has 2 aromatic carbocycles. The molecule has 0 fully saturated rings. The number of halogens is 2. The van der Waals surface area contributed by atoms with Crippen molar-refractivity contribution in [2.24, 2.45) is 0 Å². The van der Waals surface area contributed by atoms with E-state index in [-0.39, 0.29) is 17.4 Å². The van der Waals surface area contributed by atoms with E-state index in [0.29, 0.717) is 0 Å². The fourth-order valence-corrected chi connectivity index (χ4v) is 2.68. The number of amides is 1. The smallest absolute Gasteiger partial charge is 0.387 e. The highest BCUT2D eigenvalue weighted by Crippen LogP contribution is 2.26. The van der Waals surface area contributed by atoms with E-state index in [1.165, 1.54) is 23.4 Å². The highest BCUT2D eigenvalue weighted by atomic mass is 19.3. The van der Waals surface area contributed by atoms with E-state index in [1.54, 1.807) is 30.2 Å². The lowest BCUT2D eigenvalue weighted by molar-refractivity contribution is -0.0502. The predicted octanol–water partition coefficient (Wildman–Crippen LogP) is 3.70. The Kier molecular flexibility index (Phi) is 5.44. The molecule has 0 saturated heterocycles. The highest BCUT2D eigenvalue weighted by molar-refractivity contribution is 5.97. The number of carbonyl (C=O) groups is 1. The second-order valence-electron chi connectivity index (χ2n) is 5.90. The summed E-state index contributed by atoms with van der Waals surface area (Å²) in [5, 5.41) is 4.06. The van der Waals surface area contributed by atoms with Gasteiger partial charge in [0.1, 0.15) is 18.4 Å². The molecule has 0 saturated carbocycles. The molecule has 0 spiro atoms. The van der Waals surface area contributed by atoms with Crippen LogP contribution in [0.1, 0.15) is 28.9 Å². The summed E-state index contributed by atoms with van der Waals surface area (Å²) in [6, 6.07) is 13.2. The van der Waals surface area contributed by atoms with Crippen LogP contribution in [0, 0.1) is 0 Å². The third-order valence-electron chi connectivity index (χ3n) is 4.29. The number of rotatable bonds is 6. The van der Waals surface area contributed by atoms with Gasteiger partial charge in [-0.2, -0.15) is 13.9 Å². The Morgan fingerprint density at radius 1 is 1.15 bits per heavy atom. The van der Waals surface area contributed by atoms with Crippen LogP contribution >= 0.6 is 0 Å². The van der Waals surface area contributed by atoms with Gasteiger partial charge in [-0.1, -0.05) is 24.3 Å². The van der Waals surface area contributed by atoms with Crippen LogP contribution in [-0.4, -0.2) is 39.2 Å². The third kappa shape index (κ3) is 4.11. The molecule has 8 heteroatoms. The van der Waals surface area contributed by atoms with Gasteiger partial charge in [-0.25, -0.2) is 9.67 Å². The molecule has 0 aliphatic heterocycles. The third-order valence-corrected chi connectivity index (χ3v) is 4.29. The van der Waals surface area contributed by atoms with E-state index in [9.17, 15) is 13.6 Å². The zero-order valence-electron chi connectivity index (χ0n) is 14.8. The summed E-state index contributed by atoms with van der Waals surface area (Å²) in [5.74, 6) is -0.544. The fraction of sp³-hybridized carbons (Fsp3) is 0.211. The van der Waals surface area contributed by atoms with Crippen molar-refractivity contribution in [1.82, 2.24) is 19.7 Å². The Bertz CT molecular complexity index is 898. The molecule has 0 aliphatic carbocycles. The van der Waals surface area contributed by atoms with Crippen molar-refractivity contribution in [3.8, 4) is 11.4 Å². The lowest BCUT2D eigenvalue weighted by Gasteiger charge is -2.26. The summed E-state index contributed by atoms with van der Waals surface area (Å²) in [6.07, 6.45) is 3.04. The van der Waals surface area contributed by atoms with Gasteiger partial charge in [-0.3, -0.25) is 4.79 Å². The largest absolute Gasteiger partial charge is 0.434 e. The number of alkyl halides is 2. The molecule has 140 valence electrons. The molecule has 1 heterocycles. The van der Waals surface area contributed by atoms with Crippen LogP contribution in [0.3, 0.4) is 0 Å². The first-order chi connectivity index (χ1) is 13.0. The number of hydrogen-bond acceptors (Lipinski definition) is 4. The van der Waals surface area contributed by atoms with Crippen molar-refractivity contribution in [2.75, 3.05) is 7.05 Å². The van der Waals surface area contributed by atoms with Crippen LogP contribution in [0.5, 0.6) is 5.75 Å². The van der Waals surface area contributed by atoms with E-state index < -0.39 is 12.5 Å². The van der Waals surface area contributed by atoms with Crippen LogP contribution < -0.4 is 4.74 Å². The maximum absolute atomic E-state index is 12.8. The quantitative estimate of drug-likeness (QED) is 0.662. The molecule has 27 heavy (non-hydrogen) atoms. The van der Waals surface area contributed by atoms with Crippen LogP contribution in [0.25, 0.3) is 5.69 Å². The van der Waals surface area contributed by atoms with Gasteiger partial charge in [0.25, 0.3) is 5.91 Å². The van der Waals surface area contributed by atoms with Gasteiger partial charge in [-0.05, 0) is 36.8 Å². The zero-order valence-corrected chi connectivity index (χ0v) is 14.8. The summed E-state index contributed by atoms with van der Waals surface area (Å²) in [6.45, 7) is -1.13. The number of nitrogens with zero attached hydrogens (tertiary/aromatic N) is 4. The summed E-state index contributed by atoms with van der Waals surface area (Å²) in [5.41, 5.74) is 1.82. The molecule has 0 unspecified atom stereocenters. The van der Waals surface area contributed by atoms with Crippen molar-refractivity contribution in [2.45, 2.75) is 19.6 Å². The molecule has 3 rings (SSSR count). The van der Waals surface area contributed by atoms with Crippen molar-refractivity contribution in [3.63, 3.8) is 0 Å². The van der Waals surface area contributed by atoms with Crippen molar-refractivity contribution in [1.29, 1.82) is 0 Å². The van der Waals surface area contributed by atoms with Gasteiger partial charge < -0.3 is 9.64 Å². The highest BCUT2D eigenvalue weighted by Gasteiger charge is 2.23. The van der Waals surface area contributed by atoms with Crippen LogP contribution in [0.4, 0.5) is 8.78 Å². The average molecular weight is 372 g/mol. The molecule has 0 bridgehead atoms. The molecule has 1 aromatic heterocycles. The topological polar surface area (TPSA) is 60.2 Å².